The van der Waals surface area contributed by atoms with Crippen molar-refractivity contribution < 1.29 is 36.2 Å². The van der Waals surface area contributed by atoms with E-state index < -0.39 is 40.5 Å². The number of fused-ring (bicyclic) bond motifs is 1. The van der Waals surface area contributed by atoms with Crippen LogP contribution in [-0.4, -0.2) is 27.2 Å². The Bertz CT molecular complexity index is 1280. The SMILES string of the molecule is CC(O)Cn1c(-c2cc(C(F)(F)F)cc(C(F)(F)F)c2)cc2cc(C(C)(C)C(=O)NC(C)(C)C)ccc21. The van der Waals surface area contributed by atoms with Gasteiger partial charge in [0.2, 0.25) is 5.91 Å². The molecule has 4 nitrogen and oxygen atoms in total. The molecule has 1 amide bonds. The summed E-state index contributed by atoms with van der Waals surface area (Å²) in [5.41, 5.74) is -3.40. The first-order valence-corrected chi connectivity index (χ1v) is 11.6. The molecule has 10 heteroatoms. The van der Waals surface area contributed by atoms with E-state index in [1.165, 1.54) is 17.6 Å². The molecule has 2 N–H and O–H groups in total. The lowest BCUT2D eigenvalue weighted by molar-refractivity contribution is -0.143. The van der Waals surface area contributed by atoms with Crippen molar-refractivity contribution in [3.8, 4) is 11.3 Å². The summed E-state index contributed by atoms with van der Waals surface area (Å²) in [6.07, 6.45) is -10.9. The Morgan fingerprint density at radius 3 is 1.86 bits per heavy atom. The number of rotatable bonds is 5. The summed E-state index contributed by atoms with van der Waals surface area (Å²) in [5, 5.41) is 13.5. The summed E-state index contributed by atoms with van der Waals surface area (Å²) >= 11 is 0. The molecule has 0 aliphatic rings. The molecule has 37 heavy (non-hydrogen) atoms. The van der Waals surface area contributed by atoms with Crippen molar-refractivity contribution in [3.05, 3.63) is 59.2 Å². The molecule has 0 saturated carbocycles. The molecule has 1 aromatic heterocycles. The number of nitrogens with zero attached hydrogens (tertiary/aromatic N) is 1. The van der Waals surface area contributed by atoms with Crippen molar-refractivity contribution in [2.45, 2.75) is 77.5 Å². The summed E-state index contributed by atoms with van der Waals surface area (Å²) in [7, 11) is 0. The van der Waals surface area contributed by atoms with E-state index in [1.54, 1.807) is 32.0 Å². The monoisotopic (exact) mass is 528 g/mol. The van der Waals surface area contributed by atoms with Crippen LogP contribution in [0.2, 0.25) is 0 Å². The zero-order valence-electron chi connectivity index (χ0n) is 21.4. The van der Waals surface area contributed by atoms with Gasteiger partial charge in [0.15, 0.2) is 0 Å². The Morgan fingerprint density at radius 2 is 1.41 bits per heavy atom. The van der Waals surface area contributed by atoms with Crippen LogP contribution in [-0.2, 0) is 29.1 Å². The molecule has 0 aliphatic carbocycles. The third-order valence-corrected chi connectivity index (χ3v) is 6.01. The number of benzene rings is 2. The number of carbonyl (C=O) groups excluding carboxylic acids is 1. The normalized spacial score (nSPS) is 14.2. The van der Waals surface area contributed by atoms with Crippen LogP contribution in [0, 0.1) is 0 Å². The summed E-state index contributed by atoms with van der Waals surface area (Å²) in [4.78, 5) is 13.0. The fourth-order valence-electron chi connectivity index (χ4n) is 4.09. The van der Waals surface area contributed by atoms with Crippen molar-refractivity contribution in [2.24, 2.45) is 0 Å². The van der Waals surface area contributed by atoms with E-state index in [4.69, 9.17) is 0 Å². The van der Waals surface area contributed by atoms with E-state index >= 15 is 0 Å². The van der Waals surface area contributed by atoms with E-state index in [0.717, 1.165) is 0 Å². The predicted octanol–water partition coefficient (Wildman–Crippen LogP) is 6.92. The average molecular weight is 529 g/mol. The van der Waals surface area contributed by atoms with Gasteiger partial charge in [0.25, 0.3) is 0 Å². The van der Waals surface area contributed by atoms with Crippen LogP contribution in [0.3, 0.4) is 0 Å². The summed E-state index contributed by atoms with van der Waals surface area (Å²) in [6.45, 7) is 10.4. The first-order chi connectivity index (χ1) is 16.7. The fourth-order valence-corrected chi connectivity index (χ4v) is 4.09. The number of alkyl halides is 6. The molecule has 0 radical (unpaired) electrons. The second kappa shape index (κ2) is 9.38. The molecule has 2 aromatic carbocycles. The number of aliphatic hydroxyl groups is 1. The Balaban J connectivity index is 2.25. The highest BCUT2D eigenvalue weighted by Gasteiger charge is 2.37. The second-order valence-electron chi connectivity index (χ2n) is 10.9. The molecule has 3 aromatic rings. The molecule has 3 rings (SSSR count). The van der Waals surface area contributed by atoms with Crippen molar-refractivity contribution >= 4 is 16.8 Å². The minimum Gasteiger partial charge on any atom is -0.392 e. The molecule has 0 aliphatic heterocycles. The third-order valence-electron chi connectivity index (χ3n) is 6.01. The molecule has 0 bridgehead atoms. The van der Waals surface area contributed by atoms with Crippen molar-refractivity contribution in [1.82, 2.24) is 9.88 Å². The van der Waals surface area contributed by atoms with Gasteiger partial charge in [0.05, 0.1) is 22.6 Å². The van der Waals surface area contributed by atoms with Crippen LogP contribution >= 0.6 is 0 Å². The molecular formula is C27H30F6N2O2. The van der Waals surface area contributed by atoms with Crippen molar-refractivity contribution in [2.75, 3.05) is 0 Å². The zero-order chi connectivity index (χ0) is 28.1. The van der Waals surface area contributed by atoms with Crippen LogP contribution in [0.1, 0.15) is 58.2 Å². The lowest BCUT2D eigenvalue weighted by Crippen LogP contribution is -2.48. The van der Waals surface area contributed by atoms with E-state index in [1.807, 2.05) is 20.8 Å². The van der Waals surface area contributed by atoms with Gasteiger partial charge in [0.1, 0.15) is 0 Å². The number of aliphatic hydroxyl groups excluding tert-OH is 1. The summed E-state index contributed by atoms with van der Waals surface area (Å²) in [5.74, 6) is -0.240. The van der Waals surface area contributed by atoms with Gasteiger partial charge in [-0.05, 0) is 89.1 Å². The number of hydrogen-bond donors (Lipinski definition) is 2. The number of nitrogens with one attached hydrogen (secondary N) is 1. The quantitative estimate of drug-likeness (QED) is 0.353. The molecule has 202 valence electrons. The van der Waals surface area contributed by atoms with Gasteiger partial charge in [-0.2, -0.15) is 26.3 Å². The maximum absolute atomic E-state index is 13.5. The maximum atomic E-state index is 13.5. The highest BCUT2D eigenvalue weighted by Crippen LogP contribution is 2.40. The Kier molecular flexibility index (Phi) is 7.24. The lowest BCUT2D eigenvalue weighted by atomic mass is 9.82. The van der Waals surface area contributed by atoms with Crippen LogP contribution in [0.4, 0.5) is 26.3 Å². The lowest BCUT2D eigenvalue weighted by Gasteiger charge is -2.30. The van der Waals surface area contributed by atoms with E-state index in [9.17, 15) is 36.2 Å². The smallest absolute Gasteiger partial charge is 0.392 e. The van der Waals surface area contributed by atoms with Gasteiger partial charge in [-0.25, -0.2) is 0 Å². The molecule has 1 atom stereocenters. The van der Waals surface area contributed by atoms with Gasteiger partial charge in [-0.15, -0.1) is 0 Å². The Morgan fingerprint density at radius 1 is 0.865 bits per heavy atom. The molecule has 0 fully saturated rings. The summed E-state index contributed by atoms with van der Waals surface area (Å²) in [6, 6.07) is 7.94. The summed E-state index contributed by atoms with van der Waals surface area (Å²) < 4.78 is 82.4. The minimum atomic E-state index is -4.99. The van der Waals surface area contributed by atoms with Crippen LogP contribution in [0.25, 0.3) is 22.2 Å². The number of amides is 1. The van der Waals surface area contributed by atoms with Gasteiger partial charge >= 0.3 is 12.4 Å². The van der Waals surface area contributed by atoms with Crippen molar-refractivity contribution in [1.29, 1.82) is 0 Å². The van der Waals surface area contributed by atoms with E-state index in [0.29, 0.717) is 28.6 Å². The first kappa shape index (κ1) is 28.6. The highest BCUT2D eigenvalue weighted by atomic mass is 19.4. The van der Waals surface area contributed by atoms with E-state index in [2.05, 4.69) is 5.32 Å². The molecule has 1 unspecified atom stereocenters. The van der Waals surface area contributed by atoms with Gasteiger partial charge in [-0.3, -0.25) is 4.79 Å². The van der Waals surface area contributed by atoms with Gasteiger partial charge in [0, 0.05) is 28.7 Å². The molecule has 0 spiro atoms. The molecule has 0 saturated heterocycles. The zero-order valence-corrected chi connectivity index (χ0v) is 21.4. The van der Waals surface area contributed by atoms with Crippen LogP contribution < -0.4 is 5.32 Å². The Hall–Kier alpha value is -3.01. The largest absolute Gasteiger partial charge is 0.416 e. The number of halogens is 6. The Labute approximate surface area is 211 Å². The van der Waals surface area contributed by atoms with Gasteiger partial charge in [-0.1, -0.05) is 6.07 Å². The molecular weight excluding hydrogens is 498 g/mol. The number of hydrogen-bond acceptors (Lipinski definition) is 2. The molecule has 1 heterocycles. The minimum absolute atomic E-state index is 0.0658. The average Bonchev–Trinajstić information content (AvgIpc) is 3.08. The number of carbonyl (C=O) groups is 1. The number of aromatic nitrogens is 1. The van der Waals surface area contributed by atoms with Crippen molar-refractivity contribution in [3.63, 3.8) is 0 Å². The van der Waals surface area contributed by atoms with Crippen LogP contribution in [0.15, 0.2) is 42.5 Å². The maximum Gasteiger partial charge on any atom is 0.416 e. The van der Waals surface area contributed by atoms with Crippen LogP contribution in [0.5, 0.6) is 0 Å². The topological polar surface area (TPSA) is 54.3 Å². The second-order valence-corrected chi connectivity index (χ2v) is 10.9. The van der Waals surface area contributed by atoms with Gasteiger partial charge < -0.3 is 15.0 Å². The highest BCUT2D eigenvalue weighted by molar-refractivity contribution is 5.92. The third kappa shape index (κ3) is 6.29. The predicted molar refractivity (Wildman–Crippen MR) is 130 cm³/mol. The van der Waals surface area contributed by atoms with E-state index in [-0.39, 0.29) is 29.8 Å². The fraction of sp³-hybridized carbons (Fsp3) is 0.444. The standard InChI is InChI=1S/C27H30F6N2O2/c1-15(36)14-35-21-8-7-18(25(5,6)23(37)34-24(2,3)4)9-17(21)12-22(35)16-10-19(26(28,29)30)13-20(11-16)27(31,32)33/h7-13,15,36H,14H2,1-6H3,(H,34,37). The first-order valence-electron chi connectivity index (χ1n) is 11.6.